The summed E-state index contributed by atoms with van der Waals surface area (Å²) in [5, 5.41) is 6.86. The first-order chi connectivity index (χ1) is 13.4. The van der Waals surface area contributed by atoms with Gasteiger partial charge in [-0.2, -0.15) is 28.8 Å². The van der Waals surface area contributed by atoms with E-state index >= 15 is 0 Å². The van der Waals surface area contributed by atoms with Gasteiger partial charge in [0.1, 0.15) is 5.82 Å². The van der Waals surface area contributed by atoms with Crippen molar-refractivity contribution in [2.75, 3.05) is 11.1 Å². The Kier molecular flexibility index (Phi) is 4.34. The molecule has 144 valence electrons. The maximum atomic E-state index is 12.7. The van der Waals surface area contributed by atoms with Crippen LogP contribution in [0.25, 0.3) is 16.9 Å². The van der Waals surface area contributed by atoms with Crippen LogP contribution in [0.4, 0.5) is 20.7 Å². The molecular formula is C17H17F2N9. The van der Waals surface area contributed by atoms with E-state index in [2.05, 4.69) is 30.4 Å². The van der Waals surface area contributed by atoms with Crippen molar-refractivity contribution in [2.45, 2.75) is 26.4 Å². The van der Waals surface area contributed by atoms with Crippen LogP contribution in [-0.4, -0.2) is 34.1 Å². The Morgan fingerprint density at radius 2 is 1.96 bits per heavy atom. The summed E-state index contributed by atoms with van der Waals surface area (Å²) >= 11 is 0. The number of nitrogens with one attached hydrogen (secondary N) is 1. The zero-order valence-corrected chi connectivity index (χ0v) is 15.1. The molecule has 9 nitrogen and oxygen atoms in total. The number of rotatable bonds is 5. The number of alkyl halides is 2. The molecule has 4 aromatic rings. The number of halogens is 2. The number of hydrogen-bond acceptors (Lipinski definition) is 7. The molecule has 0 aliphatic carbocycles. The summed E-state index contributed by atoms with van der Waals surface area (Å²) in [5.74, 6) is 1.49. The average molecular weight is 385 g/mol. The first-order valence-corrected chi connectivity index (χ1v) is 8.46. The van der Waals surface area contributed by atoms with Gasteiger partial charge in [0.2, 0.25) is 11.9 Å². The van der Waals surface area contributed by atoms with Gasteiger partial charge in [-0.3, -0.25) is 0 Å². The third-order valence-electron chi connectivity index (χ3n) is 4.24. The topological polar surface area (TPSA) is 112 Å². The summed E-state index contributed by atoms with van der Waals surface area (Å²) in [6.45, 7) is 0.965. The van der Waals surface area contributed by atoms with Crippen molar-refractivity contribution in [3.63, 3.8) is 0 Å². The largest absolute Gasteiger partial charge is 0.368 e. The quantitative estimate of drug-likeness (QED) is 0.543. The number of nitrogens with zero attached hydrogens (tertiary/aromatic N) is 7. The van der Waals surface area contributed by atoms with E-state index in [4.69, 9.17) is 5.73 Å². The molecule has 4 rings (SSSR count). The molecule has 0 saturated heterocycles. The molecule has 0 amide bonds. The Labute approximate surface area is 158 Å². The van der Waals surface area contributed by atoms with Gasteiger partial charge in [-0.1, -0.05) is 0 Å². The van der Waals surface area contributed by atoms with E-state index in [1.807, 2.05) is 29.7 Å². The molecule has 1 unspecified atom stereocenters. The van der Waals surface area contributed by atoms with Gasteiger partial charge >= 0.3 is 6.55 Å². The molecule has 4 heterocycles. The predicted octanol–water partition coefficient (Wildman–Crippen LogP) is 2.84. The highest BCUT2D eigenvalue weighted by atomic mass is 19.3. The third-order valence-corrected chi connectivity index (χ3v) is 4.24. The lowest BCUT2D eigenvalue weighted by atomic mass is 10.2. The zero-order valence-electron chi connectivity index (χ0n) is 15.1. The number of aromatic nitrogens is 7. The summed E-state index contributed by atoms with van der Waals surface area (Å²) in [5.41, 5.74) is 7.95. The standard InChI is InChI=1S/C17H17F2N9/c1-9(13-5-6-28(26-13)15(18)19)22-17-24-14(23-16(20)25-17)11-3-4-12-7-21-10(2)27(12)8-11/h3-9,15H,1-2H3,(H3,20,22,23,24,25). The number of nitrogen functional groups attached to an aromatic ring is 1. The normalized spacial score (nSPS) is 12.6. The van der Waals surface area contributed by atoms with E-state index in [0.717, 1.165) is 16.9 Å². The molecule has 3 N–H and O–H groups in total. The van der Waals surface area contributed by atoms with Crippen LogP contribution in [0.1, 0.15) is 31.0 Å². The number of fused-ring (bicyclic) bond motifs is 1. The molecule has 0 radical (unpaired) electrons. The lowest BCUT2D eigenvalue weighted by Gasteiger charge is -2.12. The second-order valence-corrected chi connectivity index (χ2v) is 6.22. The lowest BCUT2D eigenvalue weighted by Crippen LogP contribution is -2.13. The first kappa shape index (κ1) is 17.8. The summed E-state index contributed by atoms with van der Waals surface area (Å²) in [7, 11) is 0. The van der Waals surface area contributed by atoms with Gasteiger partial charge in [-0.25, -0.2) is 9.67 Å². The summed E-state index contributed by atoms with van der Waals surface area (Å²) in [6.07, 6.45) is 4.85. The number of nitrogens with two attached hydrogens (primary N) is 1. The first-order valence-electron chi connectivity index (χ1n) is 8.46. The second-order valence-electron chi connectivity index (χ2n) is 6.22. The molecule has 0 aromatic carbocycles. The van der Waals surface area contributed by atoms with Crippen LogP contribution in [-0.2, 0) is 0 Å². The average Bonchev–Trinajstić information content (AvgIpc) is 3.29. The van der Waals surface area contributed by atoms with Crippen molar-refractivity contribution in [2.24, 2.45) is 0 Å². The maximum Gasteiger partial charge on any atom is 0.333 e. The third kappa shape index (κ3) is 3.33. The highest BCUT2D eigenvalue weighted by Gasteiger charge is 2.15. The Morgan fingerprint density at radius 1 is 1.14 bits per heavy atom. The molecular weight excluding hydrogens is 368 g/mol. The van der Waals surface area contributed by atoms with Crippen LogP contribution in [0.15, 0.2) is 36.8 Å². The molecule has 1 atom stereocenters. The van der Waals surface area contributed by atoms with Gasteiger partial charge in [-0.05, 0) is 32.0 Å². The lowest BCUT2D eigenvalue weighted by molar-refractivity contribution is 0.0561. The van der Waals surface area contributed by atoms with Gasteiger partial charge in [0.15, 0.2) is 5.82 Å². The number of aryl methyl sites for hydroxylation is 1. The Hall–Kier alpha value is -3.63. The van der Waals surface area contributed by atoms with Crippen molar-refractivity contribution in [1.82, 2.24) is 34.1 Å². The molecule has 0 spiro atoms. The van der Waals surface area contributed by atoms with Crippen LogP contribution in [0, 0.1) is 6.92 Å². The van der Waals surface area contributed by atoms with Crippen molar-refractivity contribution in [1.29, 1.82) is 0 Å². The number of imidazole rings is 1. The fourth-order valence-electron chi connectivity index (χ4n) is 2.80. The van der Waals surface area contributed by atoms with Crippen molar-refractivity contribution in [3.05, 3.63) is 48.3 Å². The molecule has 0 bridgehead atoms. The Bertz CT molecular complexity index is 1130. The van der Waals surface area contributed by atoms with Crippen LogP contribution in [0.5, 0.6) is 0 Å². The van der Waals surface area contributed by atoms with Crippen LogP contribution in [0.2, 0.25) is 0 Å². The van der Waals surface area contributed by atoms with E-state index in [1.54, 1.807) is 13.1 Å². The van der Waals surface area contributed by atoms with Crippen LogP contribution < -0.4 is 11.1 Å². The van der Waals surface area contributed by atoms with Crippen molar-refractivity contribution in [3.8, 4) is 11.4 Å². The number of hydrogen-bond donors (Lipinski definition) is 2. The van der Waals surface area contributed by atoms with Crippen molar-refractivity contribution >= 4 is 17.4 Å². The predicted molar refractivity (Wildman–Crippen MR) is 98.7 cm³/mol. The zero-order chi connectivity index (χ0) is 19.8. The fraction of sp³-hybridized carbons (Fsp3) is 0.235. The number of pyridine rings is 1. The molecule has 0 aliphatic heterocycles. The fourth-order valence-corrected chi connectivity index (χ4v) is 2.80. The van der Waals surface area contributed by atoms with Crippen molar-refractivity contribution < 1.29 is 8.78 Å². The molecule has 11 heteroatoms. The van der Waals surface area contributed by atoms with Gasteiger partial charge < -0.3 is 15.5 Å². The Balaban J connectivity index is 1.63. The maximum absolute atomic E-state index is 12.7. The highest BCUT2D eigenvalue weighted by Crippen LogP contribution is 2.22. The molecule has 28 heavy (non-hydrogen) atoms. The molecule has 0 aliphatic rings. The smallest absolute Gasteiger partial charge is 0.333 e. The van der Waals surface area contributed by atoms with Gasteiger partial charge in [0.05, 0.1) is 23.4 Å². The van der Waals surface area contributed by atoms with Crippen LogP contribution in [0.3, 0.4) is 0 Å². The van der Waals surface area contributed by atoms with Gasteiger partial charge in [-0.15, -0.1) is 0 Å². The van der Waals surface area contributed by atoms with E-state index in [-0.39, 0.29) is 11.9 Å². The molecule has 4 aromatic heterocycles. The van der Waals surface area contributed by atoms with E-state index in [0.29, 0.717) is 16.2 Å². The summed E-state index contributed by atoms with van der Waals surface area (Å²) < 4.78 is 27.9. The van der Waals surface area contributed by atoms with Crippen LogP contribution >= 0.6 is 0 Å². The minimum Gasteiger partial charge on any atom is -0.368 e. The monoisotopic (exact) mass is 385 g/mol. The summed E-state index contributed by atoms with van der Waals surface area (Å²) in [4.78, 5) is 16.9. The van der Waals surface area contributed by atoms with E-state index in [9.17, 15) is 8.78 Å². The minimum absolute atomic E-state index is 0.0419. The van der Waals surface area contributed by atoms with Gasteiger partial charge in [0.25, 0.3) is 0 Å². The SMILES string of the molecule is Cc1ncc2ccc(-c3nc(N)nc(NC(C)c4ccn(C(F)F)n4)n3)cn12. The highest BCUT2D eigenvalue weighted by molar-refractivity contribution is 5.61. The molecule has 0 saturated carbocycles. The second kappa shape index (κ2) is 6.83. The Morgan fingerprint density at radius 3 is 2.71 bits per heavy atom. The number of anilines is 2. The van der Waals surface area contributed by atoms with E-state index < -0.39 is 12.6 Å². The van der Waals surface area contributed by atoms with E-state index in [1.165, 1.54) is 12.3 Å². The molecule has 0 fully saturated rings. The minimum atomic E-state index is -2.69. The van der Waals surface area contributed by atoms with Gasteiger partial charge in [0, 0.05) is 18.0 Å². The summed E-state index contributed by atoms with van der Waals surface area (Å²) in [6, 6.07) is 4.86.